The Bertz CT molecular complexity index is 524. The molecule has 4 heteroatoms. The summed E-state index contributed by atoms with van der Waals surface area (Å²) in [4.78, 5) is 5.58. The zero-order valence-corrected chi connectivity index (χ0v) is 12.5. The van der Waals surface area contributed by atoms with Crippen LogP contribution < -0.4 is 10.1 Å². The number of nitrogens with zero attached hydrogens (tertiary/aromatic N) is 1. The second-order valence-corrected chi connectivity index (χ2v) is 5.38. The molecule has 0 radical (unpaired) electrons. The molecule has 2 rings (SSSR count). The second-order valence-electron chi connectivity index (χ2n) is 4.44. The molecule has 0 amide bonds. The van der Waals surface area contributed by atoms with E-state index in [1.54, 1.807) is 18.4 Å². The van der Waals surface area contributed by atoms with E-state index in [0.717, 1.165) is 24.4 Å². The lowest BCUT2D eigenvalue weighted by molar-refractivity contribution is 0.396. The van der Waals surface area contributed by atoms with Crippen molar-refractivity contribution in [3.05, 3.63) is 45.9 Å². The van der Waals surface area contributed by atoms with Crippen molar-refractivity contribution in [3.63, 3.8) is 0 Å². The van der Waals surface area contributed by atoms with Gasteiger partial charge < -0.3 is 10.1 Å². The number of thiazole rings is 1. The number of para-hydroxylation sites is 1. The average molecular weight is 276 g/mol. The molecule has 2 aromatic rings. The molecular weight excluding hydrogens is 256 g/mol. The lowest BCUT2D eigenvalue weighted by Crippen LogP contribution is -2.20. The van der Waals surface area contributed by atoms with Gasteiger partial charge in [-0.05, 0) is 19.4 Å². The molecular formula is C15H20N2OS. The van der Waals surface area contributed by atoms with Crippen molar-refractivity contribution in [2.75, 3.05) is 7.11 Å². The largest absolute Gasteiger partial charge is 0.496 e. The predicted molar refractivity (Wildman–Crippen MR) is 79.7 cm³/mol. The Balaban J connectivity index is 2.10. The van der Waals surface area contributed by atoms with Gasteiger partial charge in [-0.2, -0.15) is 0 Å². The Morgan fingerprint density at radius 1 is 1.37 bits per heavy atom. The molecule has 102 valence electrons. The van der Waals surface area contributed by atoms with Crippen LogP contribution in [0.15, 0.2) is 29.8 Å². The molecule has 0 saturated heterocycles. The van der Waals surface area contributed by atoms with Crippen LogP contribution in [-0.4, -0.2) is 12.1 Å². The van der Waals surface area contributed by atoms with Crippen molar-refractivity contribution in [2.24, 2.45) is 0 Å². The third-order valence-corrected chi connectivity index (χ3v) is 4.21. The maximum atomic E-state index is 5.44. The molecule has 1 aromatic heterocycles. The van der Waals surface area contributed by atoms with E-state index in [9.17, 15) is 0 Å². The van der Waals surface area contributed by atoms with Crippen molar-refractivity contribution >= 4 is 11.3 Å². The summed E-state index contributed by atoms with van der Waals surface area (Å²) >= 11 is 1.70. The van der Waals surface area contributed by atoms with Crippen LogP contribution in [-0.2, 0) is 6.54 Å². The summed E-state index contributed by atoms with van der Waals surface area (Å²) in [7, 11) is 1.72. The minimum atomic E-state index is 0.303. The van der Waals surface area contributed by atoms with E-state index in [4.69, 9.17) is 4.74 Å². The van der Waals surface area contributed by atoms with Gasteiger partial charge >= 0.3 is 0 Å². The van der Waals surface area contributed by atoms with Crippen LogP contribution in [0, 0.1) is 6.92 Å². The molecule has 1 aromatic carbocycles. The van der Waals surface area contributed by atoms with E-state index < -0.39 is 0 Å². The molecule has 0 spiro atoms. The summed E-state index contributed by atoms with van der Waals surface area (Å²) in [5.74, 6) is 0.947. The lowest BCUT2D eigenvalue weighted by Gasteiger charge is -2.19. The van der Waals surface area contributed by atoms with Gasteiger partial charge in [0.05, 0.1) is 18.3 Å². The fourth-order valence-corrected chi connectivity index (χ4v) is 2.87. The molecule has 1 heterocycles. The SMILES string of the molecule is CCC(NCc1scnc1C)c1ccccc1OC. The van der Waals surface area contributed by atoms with Crippen LogP contribution in [0.25, 0.3) is 0 Å². The highest BCUT2D eigenvalue weighted by molar-refractivity contribution is 7.09. The first kappa shape index (κ1) is 14.0. The first-order valence-corrected chi connectivity index (χ1v) is 7.39. The fourth-order valence-electron chi connectivity index (χ4n) is 2.14. The van der Waals surface area contributed by atoms with E-state index in [1.807, 2.05) is 17.6 Å². The van der Waals surface area contributed by atoms with Crippen molar-refractivity contribution < 1.29 is 4.74 Å². The minimum absolute atomic E-state index is 0.303. The van der Waals surface area contributed by atoms with E-state index in [1.165, 1.54) is 10.4 Å². The molecule has 1 unspecified atom stereocenters. The number of hydrogen-bond acceptors (Lipinski definition) is 4. The van der Waals surface area contributed by atoms with Crippen LogP contribution in [0.2, 0.25) is 0 Å². The number of nitrogens with one attached hydrogen (secondary N) is 1. The molecule has 0 aliphatic heterocycles. The number of benzene rings is 1. The number of aryl methyl sites for hydroxylation is 1. The second kappa shape index (κ2) is 6.68. The smallest absolute Gasteiger partial charge is 0.123 e. The maximum Gasteiger partial charge on any atom is 0.123 e. The van der Waals surface area contributed by atoms with Crippen molar-refractivity contribution in [1.29, 1.82) is 0 Å². The zero-order chi connectivity index (χ0) is 13.7. The Kier molecular flexibility index (Phi) is 4.93. The monoisotopic (exact) mass is 276 g/mol. The van der Waals surface area contributed by atoms with Crippen LogP contribution in [0.5, 0.6) is 5.75 Å². The first-order chi connectivity index (χ1) is 9.26. The zero-order valence-electron chi connectivity index (χ0n) is 11.6. The topological polar surface area (TPSA) is 34.2 Å². The highest BCUT2D eigenvalue weighted by Gasteiger charge is 2.14. The Morgan fingerprint density at radius 3 is 2.79 bits per heavy atom. The molecule has 0 aliphatic rings. The summed E-state index contributed by atoms with van der Waals surface area (Å²) < 4.78 is 5.44. The minimum Gasteiger partial charge on any atom is -0.496 e. The van der Waals surface area contributed by atoms with Crippen molar-refractivity contribution in [2.45, 2.75) is 32.9 Å². The molecule has 0 aliphatic carbocycles. The fraction of sp³-hybridized carbons (Fsp3) is 0.400. The van der Waals surface area contributed by atoms with Crippen LogP contribution in [0.3, 0.4) is 0 Å². The lowest BCUT2D eigenvalue weighted by atomic mass is 10.0. The number of methoxy groups -OCH3 is 1. The van der Waals surface area contributed by atoms with Gasteiger partial charge in [0.1, 0.15) is 5.75 Å². The molecule has 0 saturated carbocycles. The summed E-state index contributed by atoms with van der Waals surface area (Å²) in [6.45, 7) is 5.09. The van der Waals surface area contributed by atoms with Crippen molar-refractivity contribution in [3.8, 4) is 5.75 Å². The van der Waals surface area contributed by atoms with Gasteiger partial charge in [0.2, 0.25) is 0 Å². The molecule has 3 nitrogen and oxygen atoms in total. The maximum absolute atomic E-state index is 5.44. The normalized spacial score (nSPS) is 12.4. The van der Waals surface area contributed by atoms with Crippen LogP contribution >= 0.6 is 11.3 Å². The number of rotatable bonds is 6. The van der Waals surface area contributed by atoms with Gasteiger partial charge in [0.15, 0.2) is 0 Å². The summed E-state index contributed by atoms with van der Waals surface area (Å²) in [5, 5.41) is 3.59. The van der Waals surface area contributed by atoms with E-state index in [-0.39, 0.29) is 0 Å². The summed E-state index contributed by atoms with van der Waals surface area (Å²) in [5.41, 5.74) is 4.23. The van der Waals surface area contributed by atoms with Crippen molar-refractivity contribution in [1.82, 2.24) is 10.3 Å². The van der Waals surface area contributed by atoms with Gasteiger partial charge in [-0.25, -0.2) is 4.98 Å². The van der Waals surface area contributed by atoms with Gasteiger partial charge in [-0.15, -0.1) is 11.3 Å². The van der Waals surface area contributed by atoms with E-state index in [2.05, 4.69) is 36.3 Å². The summed E-state index contributed by atoms with van der Waals surface area (Å²) in [6, 6.07) is 8.50. The Morgan fingerprint density at radius 2 is 2.16 bits per heavy atom. The predicted octanol–water partition coefficient (Wildman–Crippen LogP) is 3.70. The average Bonchev–Trinajstić information content (AvgIpc) is 2.85. The molecule has 0 fully saturated rings. The molecule has 1 atom stereocenters. The standard InChI is InChI=1S/C15H20N2OS/c1-4-13(12-7-5-6-8-14(12)18-3)16-9-15-11(2)17-10-19-15/h5-8,10,13,16H,4,9H2,1-3H3. The molecule has 1 N–H and O–H groups in total. The van der Waals surface area contributed by atoms with E-state index >= 15 is 0 Å². The molecule has 0 bridgehead atoms. The van der Waals surface area contributed by atoms with Crippen LogP contribution in [0.4, 0.5) is 0 Å². The Labute approximate surface area is 118 Å². The highest BCUT2D eigenvalue weighted by atomic mass is 32.1. The molecule has 19 heavy (non-hydrogen) atoms. The Hall–Kier alpha value is -1.39. The van der Waals surface area contributed by atoms with Crippen LogP contribution in [0.1, 0.15) is 35.5 Å². The van der Waals surface area contributed by atoms with E-state index in [0.29, 0.717) is 6.04 Å². The third kappa shape index (κ3) is 3.33. The van der Waals surface area contributed by atoms with Gasteiger partial charge in [-0.1, -0.05) is 25.1 Å². The first-order valence-electron chi connectivity index (χ1n) is 6.51. The number of hydrogen-bond donors (Lipinski definition) is 1. The van der Waals surface area contributed by atoms with Gasteiger partial charge in [0.25, 0.3) is 0 Å². The quantitative estimate of drug-likeness (QED) is 0.873. The number of ether oxygens (including phenoxy) is 1. The van der Waals surface area contributed by atoms with Gasteiger partial charge in [-0.3, -0.25) is 0 Å². The third-order valence-electron chi connectivity index (χ3n) is 3.28. The van der Waals surface area contributed by atoms with Gasteiger partial charge in [0, 0.05) is 23.0 Å². The highest BCUT2D eigenvalue weighted by Crippen LogP contribution is 2.27. The summed E-state index contributed by atoms with van der Waals surface area (Å²) in [6.07, 6.45) is 1.03. The number of aromatic nitrogens is 1.